The number of carbonyl (C=O) groups excluding carboxylic acids is 1. The number of amides is 1. The summed E-state index contributed by atoms with van der Waals surface area (Å²) in [6.45, 7) is -0.264. The van der Waals surface area contributed by atoms with E-state index in [0.29, 0.717) is 5.56 Å². The largest absolute Gasteiger partial charge is 0.394 e. The summed E-state index contributed by atoms with van der Waals surface area (Å²) in [6, 6.07) is 3.69. The summed E-state index contributed by atoms with van der Waals surface area (Å²) in [5.74, 6) is -0.586. The summed E-state index contributed by atoms with van der Waals surface area (Å²) in [5.41, 5.74) is 0.520. The lowest BCUT2D eigenvalue weighted by molar-refractivity contribution is -0.128. The van der Waals surface area contributed by atoms with E-state index < -0.39 is 11.9 Å². The molecule has 2 rings (SSSR count). The van der Waals surface area contributed by atoms with Crippen LogP contribution in [0.1, 0.15) is 30.9 Å². The summed E-state index contributed by atoms with van der Waals surface area (Å²) in [6.07, 6.45) is 2.84. The lowest BCUT2D eigenvalue weighted by atomic mass is 9.84. The number of benzene rings is 1. The van der Waals surface area contributed by atoms with Crippen molar-refractivity contribution in [2.24, 2.45) is 5.92 Å². The van der Waals surface area contributed by atoms with E-state index in [2.05, 4.69) is 5.32 Å². The van der Waals surface area contributed by atoms with Crippen molar-refractivity contribution < 1.29 is 14.3 Å². The molecule has 1 aromatic rings. The molecule has 0 radical (unpaired) electrons. The molecule has 2 N–H and O–H groups in total. The van der Waals surface area contributed by atoms with Crippen LogP contribution in [0.5, 0.6) is 0 Å². The van der Waals surface area contributed by atoms with Gasteiger partial charge in [0, 0.05) is 5.92 Å². The van der Waals surface area contributed by atoms with Gasteiger partial charge in [0.2, 0.25) is 5.91 Å². The Labute approximate surface area is 110 Å². The zero-order valence-corrected chi connectivity index (χ0v) is 10.6. The Bertz CT molecular complexity index is 449. The smallest absolute Gasteiger partial charge is 0.223 e. The van der Waals surface area contributed by atoms with E-state index in [0.717, 1.165) is 19.3 Å². The number of hydrogen-bond donors (Lipinski definition) is 2. The Balaban J connectivity index is 2.07. The lowest BCUT2D eigenvalue weighted by Gasteiger charge is -2.27. The zero-order valence-electron chi connectivity index (χ0n) is 9.83. The van der Waals surface area contributed by atoms with Gasteiger partial charge in [-0.25, -0.2) is 4.39 Å². The van der Waals surface area contributed by atoms with Gasteiger partial charge in [-0.2, -0.15) is 0 Å². The Kier molecular flexibility index (Phi) is 4.19. The highest BCUT2D eigenvalue weighted by atomic mass is 35.5. The average Bonchev–Trinajstić information content (AvgIpc) is 2.27. The van der Waals surface area contributed by atoms with Gasteiger partial charge >= 0.3 is 0 Å². The third-order valence-corrected chi connectivity index (χ3v) is 3.63. The molecule has 5 heteroatoms. The van der Waals surface area contributed by atoms with Gasteiger partial charge in [0.05, 0.1) is 17.7 Å². The molecule has 0 spiro atoms. The van der Waals surface area contributed by atoms with Gasteiger partial charge < -0.3 is 10.4 Å². The molecule has 3 nitrogen and oxygen atoms in total. The Hall–Kier alpha value is -1.13. The zero-order chi connectivity index (χ0) is 13.1. The van der Waals surface area contributed by atoms with E-state index in [9.17, 15) is 14.3 Å². The van der Waals surface area contributed by atoms with Crippen LogP contribution in [0.25, 0.3) is 0 Å². The molecule has 1 amide bonds. The second-order valence-electron chi connectivity index (χ2n) is 4.55. The first-order valence-electron chi connectivity index (χ1n) is 5.98. The number of hydrogen-bond acceptors (Lipinski definition) is 2. The molecule has 18 heavy (non-hydrogen) atoms. The molecule has 1 fully saturated rings. The van der Waals surface area contributed by atoms with Crippen molar-refractivity contribution >= 4 is 17.5 Å². The standard InChI is InChI=1S/C13H15ClFNO2/c14-10-5-4-9(6-11(10)15)12(7-17)16-13(18)8-2-1-3-8/h4-6,8,12,17H,1-3,7H2,(H,16,18). The van der Waals surface area contributed by atoms with Crippen LogP contribution in [0, 0.1) is 11.7 Å². The SMILES string of the molecule is O=C(NC(CO)c1ccc(Cl)c(F)c1)C1CCC1. The highest BCUT2D eigenvalue weighted by Crippen LogP contribution is 2.27. The van der Waals surface area contributed by atoms with Crippen molar-refractivity contribution in [3.63, 3.8) is 0 Å². The van der Waals surface area contributed by atoms with Gasteiger partial charge in [0.25, 0.3) is 0 Å². The summed E-state index contributed by atoms with van der Waals surface area (Å²) < 4.78 is 13.3. The molecular weight excluding hydrogens is 257 g/mol. The number of aliphatic hydroxyl groups is 1. The van der Waals surface area contributed by atoms with Crippen LogP contribution in [-0.2, 0) is 4.79 Å². The van der Waals surface area contributed by atoms with E-state index in [4.69, 9.17) is 11.6 Å². The molecule has 1 aliphatic carbocycles. The number of halogens is 2. The molecular formula is C13H15ClFNO2. The molecule has 1 saturated carbocycles. The number of carbonyl (C=O) groups is 1. The summed E-state index contributed by atoms with van der Waals surface area (Å²) in [5, 5.41) is 12.1. The Morgan fingerprint density at radius 2 is 2.28 bits per heavy atom. The number of rotatable bonds is 4. The van der Waals surface area contributed by atoms with Gasteiger partial charge in [0.1, 0.15) is 5.82 Å². The fourth-order valence-corrected chi connectivity index (χ4v) is 2.04. The van der Waals surface area contributed by atoms with Gasteiger partial charge in [-0.1, -0.05) is 24.1 Å². The first kappa shape index (κ1) is 13.3. The van der Waals surface area contributed by atoms with Crippen LogP contribution in [-0.4, -0.2) is 17.6 Å². The van der Waals surface area contributed by atoms with Crippen LogP contribution in [0.3, 0.4) is 0 Å². The highest BCUT2D eigenvalue weighted by Gasteiger charge is 2.27. The Morgan fingerprint density at radius 1 is 1.56 bits per heavy atom. The highest BCUT2D eigenvalue weighted by molar-refractivity contribution is 6.30. The van der Waals surface area contributed by atoms with Crippen LogP contribution < -0.4 is 5.32 Å². The third kappa shape index (κ3) is 2.82. The van der Waals surface area contributed by atoms with Crippen molar-refractivity contribution in [3.8, 4) is 0 Å². The van der Waals surface area contributed by atoms with Crippen molar-refractivity contribution in [2.45, 2.75) is 25.3 Å². The van der Waals surface area contributed by atoms with E-state index in [1.807, 2.05) is 0 Å². The van der Waals surface area contributed by atoms with Crippen molar-refractivity contribution in [2.75, 3.05) is 6.61 Å². The van der Waals surface area contributed by atoms with Crippen LogP contribution in [0.2, 0.25) is 5.02 Å². The summed E-state index contributed by atoms with van der Waals surface area (Å²) in [4.78, 5) is 11.8. The predicted octanol–water partition coefficient (Wildman–Crippen LogP) is 2.43. The lowest BCUT2D eigenvalue weighted by Crippen LogP contribution is -2.38. The molecule has 1 aromatic carbocycles. The second-order valence-corrected chi connectivity index (χ2v) is 4.95. The first-order chi connectivity index (χ1) is 8.61. The molecule has 0 heterocycles. The maximum absolute atomic E-state index is 13.3. The first-order valence-corrected chi connectivity index (χ1v) is 6.36. The van der Waals surface area contributed by atoms with Gasteiger partial charge in [-0.05, 0) is 30.5 Å². The topological polar surface area (TPSA) is 49.3 Å². The van der Waals surface area contributed by atoms with Crippen LogP contribution in [0.15, 0.2) is 18.2 Å². The van der Waals surface area contributed by atoms with E-state index in [1.165, 1.54) is 12.1 Å². The average molecular weight is 272 g/mol. The molecule has 1 unspecified atom stereocenters. The molecule has 0 aliphatic heterocycles. The maximum atomic E-state index is 13.3. The van der Waals surface area contributed by atoms with Crippen LogP contribution in [0.4, 0.5) is 4.39 Å². The monoisotopic (exact) mass is 271 g/mol. The fraction of sp³-hybridized carbons (Fsp3) is 0.462. The minimum atomic E-state index is -0.579. The third-order valence-electron chi connectivity index (χ3n) is 3.32. The van der Waals surface area contributed by atoms with E-state index in [1.54, 1.807) is 6.07 Å². The molecule has 98 valence electrons. The quantitative estimate of drug-likeness (QED) is 0.884. The summed E-state index contributed by atoms with van der Waals surface area (Å²) >= 11 is 5.59. The summed E-state index contributed by atoms with van der Waals surface area (Å²) in [7, 11) is 0. The van der Waals surface area contributed by atoms with Crippen molar-refractivity contribution in [1.82, 2.24) is 5.32 Å². The maximum Gasteiger partial charge on any atom is 0.223 e. The van der Waals surface area contributed by atoms with E-state index in [-0.39, 0.29) is 23.5 Å². The van der Waals surface area contributed by atoms with E-state index >= 15 is 0 Å². The predicted molar refractivity (Wildman–Crippen MR) is 66.7 cm³/mol. The molecule has 0 aromatic heterocycles. The van der Waals surface area contributed by atoms with Crippen molar-refractivity contribution in [1.29, 1.82) is 0 Å². The minimum Gasteiger partial charge on any atom is -0.394 e. The number of nitrogens with one attached hydrogen (secondary N) is 1. The minimum absolute atomic E-state index is 0.0285. The Morgan fingerprint density at radius 3 is 2.78 bits per heavy atom. The van der Waals surface area contributed by atoms with Gasteiger partial charge in [-0.3, -0.25) is 4.79 Å². The van der Waals surface area contributed by atoms with Gasteiger partial charge in [-0.15, -0.1) is 0 Å². The molecule has 1 atom stereocenters. The van der Waals surface area contributed by atoms with Crippen molar-refractivity contribution in [3.05, 3.63) is 34.6 Å². The van der Waals surface area contributed by atoms with Gasteiger partial charge in [0.15, 0.2) is 0 Å². The van der Waals surface area contributed by atoms with Crippen LogP contribution >= 0.6 is 11.6 Å². The fourth-order valence-electron chi connectivity index (χ4n) is 1.92. The molecule has 1 aliphatic rings. The number of aliphatic hydroxyl groups excluding tert-OH is 1. The molecule has 0 bridgehead atoms. The normalized spacial score (nSPS) is 17.1. The second kappa shape index (κ2) is 5.67. The molecule has 0 saturated heterocycles.